The second-order valence-electron chi connectivity index (χ2n) is 8.19. The van der Waals surface area contributed by atoms with Gasteiger partial charge in [0.15, 0.2) is 0 Å². The number of carboxylic acid groups (broad SMARTS) is 1. The highest BCUT2D eigenvalue weighted by Gasteiger charge is 2.57. The molecule has 2 aliphatic heterocycles. The summed E-state index contributed by atoms with van der Waals surface area (Å²) in [6, 6.07) is 10.1. The highest BCUT2D eigenvalue weighted by Crippen LogP contribution is 2.46. The maximum Gasteiger partial charge on any atom is 0.314 e. The van der Waals surface area contributed by atoms with Gasteiger partial charge in [0, 0.05) is 19.7 Å². The van der Waals surface area contributed by atoms with Crippen LogP contribution in [0.4, 0.5) is 0 Å². The average molecular weight is 357 g/mol. The third kappa shape index (κ3) is 2.64. The lowest BCUT2D eigenvalue weighted by molar-refractivity contribution is -0.160. The summed E-state index contributed by atoms with van der Waals surface area (Å²) in [5.74, 6) is -0.706. The number of hydrogen-bond acceptors (Lipinski definition) is 3. The fourth-order valence-corrected chi connectivity index (χ4v) is 5.29. The molecule has 0 spiro atoms. The molecule has 5 nitrogen and oxygen atoms in total. The van der Waals surface area contributed by atoms with Crippen molar-refractivity contribution in [1.82, 2.24) is 4.90 Å². The maximum absolute atomic E-state index is 13.7. The topological polar surface area (TPSA) is 66.8 Å². The van der Waals surface area contributed by atoms with Crippen LogP contribution in [0.15, 0.2) is 30.3 Å². The van der Waals surface area contributed by atoms with E-state index in [1.807, 2.05) is 23.1 Å². The number of carboxylic acids is 1. The first kappa shape index (κ1) is 17.5. The molecule has 0 aromatic heterocycles. The molecular formula is C21H27NO4. The van der Waals surface area contributed by atoms with Crippen LogP contribution in [0.1, 0.15) is 44.1 Å². The lowest BCUT2D eigenvalue weighted by Crippen LogP contribution is -2.49. The predicted molar refractivity (Wildman–Crippen MR) is 96.8 cm³/mol. The second kappa shape index (κ2) is 6.69. The van der Waals surface area contributed by atoms with E-state index in [1.54, 1.807) is 0 Å². The van der Waals surface area contributed by atoms with E-state index in [4.69, 9.17) is 4.74 Å². The zero-order chi connectivity index (χ0) is 18.2. The van der Waals surface area contributed by atoms with Gasteiger partial charge in [-0.05, 0) is 30.7 Å². The third-order valence-corrected chi connectivity index (χ3v) is 6.82. The first-order valence-electron chi connectivity index (χ1n) is 9.75. The van der Waals surface area contributed by atoms with E-state index in [9.17, 15) is 14.7 Å². The number of rotatable bonds is 3. The summed E-state index contributed by atoms with van der Waals surface area (Å²) in [6.45, 7) is 1.63. The Hall–Kier alpha value is -1.88. The number of hydrogen-bond donors (Lipinski definition) is 1. The van der Waals surface area contributed by atoms with Crippen LogP contribution in [0.5, 0.6) is 0 Å². The molecule has 1 aromatic carbocycles. The molecule has 4 rings (SSSR count). The first-order valence-corrected chi connectivity index (χ1v) is 9.75. The van der Waals surface area contributed by atoms with Crippen molar-refractivity contribution in [2.75, 3.05) is 26.3 Å². The van der Waals surface area contributed by atoms with Crippen LogP contribution in [0.2, 0.25) is 0 Å². The minimum absolute atomic E-state index is 0.00545. The van der Waals surface area contributed by atoms with Crippen molar-refractivity contribution in [2.45, 2.75) is 43.9 Å². The fraction of sp³-hybridized carbons (Fsp3) is 0.619. The van der Waals surface area contributed by atoms with Gasteiger partial charge in [0.1, 0.15) is 5.41 Å². The van der Waals surface area contributed by atoms with Gasteiger partial charge in [0.25, 0.3) is 0 Å². The zero-order valence-corrected chi connectivity index (χ0v) is 15.2. The SMILES string of the molecule is O=C(N1C[C@@H]2CCOC[C@]2(C(=O)O)C1)C1(c2ccccc2)CCCCC1. The van der Waals surface area contributed by atoms with Gasteiger partial charge >= 0.3 is 5.97 Å². The van der Waals surface area contributed by atoms with Gasteiger partial charge < -0.3 is 14.7 Å². The monoisotopic (exact) mass is 357 g/mol. The molecule has 1 saturated carbocycles. The Bertz CT molecular complexity index is 683. The Morgan fingerprint density at radius 1 is 1.12 bits per heavy atom. The molecule has 3 aliphatic rings. The van der Waals surface area contributed by atoms with Crippen LogP contribution in [-0.2, 0) is 19.7 Å². The van der Waals surface area contributed by atoms with E-state index in [-0.39, 0.29) is 25.0 Å². The third-order valence-electron chi connectivity index (χ3n) is 6.82. The molecule has 0 bridgehead atoms. The van der Waals surface area contributed by atoms with Crippen LogP contribution in [-0.4, -0.2) is 48.2 Å². The molecular weight excluding hydrogens is 330 g/mol. The largest absolute Gasteiger partial charge is 0.481 e. The van der Waals surface area contributed by atoms with Crippen LogP contribution in [0.25, 0.3) is 0 Å². The van der Waals surface area contributed by atoms with Crippen molar-refractivity contribution in [3.05, 3.63) is 35.9 Å². The quantitative estimate of drug-likeness (QED) is 0.903. The number of carbonyl (C=O) groups is 2. The summed E-state index contributed by atoms with van der Waals surface area (Å²) in [5.41, 5.74) is -0.339. The van der Waals surface area contributed by atoms with Crippen molar-refractivity contribution in [3.8, 4) is 0 Å². The highest BCUT2D eigenvalue weighted by atomic mass is 16.5. The lowest BCUT2D eigenvalue weighted by atomic mass is 9.68. The Kier molecular flexibility index (Phi) is 4.51. The lowest BCUT2D eigenvalue weighted by Gasteiger charge is -2.39. The summed E-state index contributed by atoms with van der Waals surface area (Å²) < 4.78 is 5.51. The standard InChI is InChI=1S/C21H27NO4/c23-18(20(10-5-2-6-11-20)16-7-3-1-4-8-16)22-13-17-9-12-26-15-21(17,14-22)19(24)25/h1,3-4,7-8,17H,2,5-6,9-15H2,(H,24,25)/t17-,21+/m0/s1. The van der Waals surface area contributed by atoms with Gasteiger partial charge in [-0.15, -0.1) is 0 Å². The molecule has 2 atom stereocenters. The van der Waals surface area contributed by atoms with E-state index < -0.39 is 16.8 Å². The van der Waals surface area contributed by atoms with E-state index in [2.05, 4.69) is 12.1 Å². The molecule has 2 heterocycles. The summed E-state index contributed by atoms with van der Waals surface area (Å²) in [4.78, 5) is 27.6. The Morgan fingerprint density at radius 2 is 1.85 bits per heavy atom. The molecule has 26 heavy (non-hydrogen) atoms. The van der Waals surface area contributed by atoms with E-state index in [1.165, 1.54) is 0 Å². The summed E-state index contributed by atoms with van der Waals surface area (Å²) >= 11 is 0. The molecule has 2 saturated heterocycles. The normalized spacial score (nSPS) is 30.6. The van der Waals surface area contributed by atoms with Crippen molar-refractivity contribution in [2.24, 2.45) is 11.3 Å². The van der Waals surface area contributed by atoms with Gasteiger partial charge in [-0.1, -0.05) is 49.6 Å². The van der Waals surface area contributed by atoms with E-state index in [0.29, 0.717) is 19.6 Å². The van der Waals surface area contributed by atoms with Gasteiger partial charge in [-0.3, -0.25) is 9.59 Å². The minimum atomic E-state index is -0.930. The molecule has 1 N–H and O–H groups in total. The maximum atomic E-state index is 13.7. The molecule has 0 radical (unpaired) electrons. The van der Waals surface area contributed by atoms with Crippen LogP contribution in [0, 0.1) is 11.3 Å². The van der Waals surface area contributed by atoms with Crippen molar-refractivity contribution >= 4 is 11.9 Å². The Morgan fingerprint density at radius 3 is 2.50 bits per heavy atom. The molecule has 1 aromatic rings. The van der Waals surface area contributed by atoms with Crippen molar-refractivity contribution < 1.29 is 19.4 Å². The number of nitrogens with zero attached hydrogens (tertiary/aromatic N) is 1. The van der Waals surface area contributed by atoms with E-state index >= 15 is 0 Å². The number of ether oxygens (including phenoxy) is 1. The fourth-order valence-electron chi connectivity index (χ4n) is 5.29. The molecule has 1 amide bonds. The number of amides is 1. The average Bonchev–Trinajstić information content (AvgIpc) is 3.10. The van der Waals surface area contributed by atoms with E-state index in [0.717, 1.165) is 37.7 Å². The van der Waals surface area contributed by atoms with Gasteiger partial charge in [-0.25, -0.2) is 0 Å². The molecule has 140 valence electrons. The molecule has 0 unspecified atom stereocenters. The van der Waals surface area contributed by atoms with Gasteiger partial charge in [0.2, 0.25) is 5.91 Å². The van der Waals surface area contributed by atoms with Crippen LogP contribution in [0.3, 0.4) is 0 Å². The summed E-state index contributed by atoms with van der Waals surface area (Å²) in [7, 11) is 0. The zero-order valence-electron chi connectivity index (χ0n) is 15.2. The number of benzene rings is 1. The number of fused-ring (bicyclic) bond motifs is 1. The molecule has 5 heteroatoms. The van der Waals surface area contributed by atoms with Gasteiger partial charge in [-0.2, -0.15) is 0 Å². The number of likely N-dealkylation sites (tertiary alicyclic amines) is 1. The van der Waals surface area contributed by atoms with Crippen molar-refractivity contribution in [1.29, 1.82) is 0 Å². The second-order valence-corrected chi connectivity index (χ2v) is 8.19. The highest BCUT2D eigenvalue weighted by molar-refractivity contribution is 5.90. The minimum Gasteiger partial charge on any atom is -0.481 e. The Balaban J connectivity index is 1.66. The smallest absolute Gasteiger partial charge is 0.314 e. The van der Waals surface area contributed by atoms with Crippen LogP contribution < -0.4 is 0 Å². The van der Waals surface area contributed by atoms with Crippen molar-refractivity contribution in [3.63, 3.8) is 0 Å². The number of carbonyl (C=O) groups excluding carboxylic acids is 1. The first-order chi connectivity index (χ1) is 12.6. The molecule has 3 fully saturated rings. The Labute approximate surface area is 154 Å². The van der Waals surface area contributed by atoms with Crippen LogP contribution >= 0.6 is 0 Å². The van der Waals surface area contributed by atoms with Gasteiger partial charge in [0.05, 0.1) is 12.0 Å². The summed E-state index contributed by atoms with van der Waals surface area (Å²) in [5, 5.41) is 9.87. The number of aliphatic carboxylic acids is 1. The summed E-state index contributed by atoms with van der Waals surface area (Å²) in [6.07, 6.45) is 5.68. The molecule has 1 aliphatic carbocycles. The predicted octanol–water partition coefficient (Wildman–Crippen LogP) is 2.84.